The zero-order valence-electron chi connectivity index (χ0n) is 13.2. The average Bonchev–Trinajstić information content (AvgIpc) is 2.84. The average molecular weight is 325 g/mol. The third-order valence-corrected chi connectivity index (χ3v) is 3.62. The Hall–Kier alpha value is -3.16. The van der Waals surface area contributed by atoms with Crippen LogP contribution in [0.3, 0.4) is 0 Å². The van der Waals surface area contributed by atoms with Crippen LogP contribution in [0.5, 0.6) is 17.4 Å². The maximum absolute atomic E-state index is 10.1. The fraction of sp³-hybridized carbons (Fsp3) is 0.250. The van der Waals surface area contributed by atoms with E-state index >= 15 is 0 Å². The van der Waals surface area contributed by atoms with Gasteiger partial charge in [-0.25, -0.2) is 9.97 Å². The number of hydrogen-bond donors (Lipinski definition) is 2. The summed E-state index contributed by atoms with van der Waals surface area (Å²) >= 11 is 0. The lowest BCUT2D eigenvalue weighted by atomic mass is 10.2. The van der Waals surface area contributed by atoms with E-state index in [1.165, 1.54) is 0 Å². The second kappa shape index (κ2) is 5.48. The van der Waals surface area contributed by atoms with Gasteiger partial charge in [-0.1, -0.05) is 0 Å². The van der Waals surface area contributed by atoms with Gasteiger partial charge in [-0.3, -0.25) is 0 Å². The van der Waals surface area contributed by atoms with Crippen LogP contribution in [-0.4, -0.2) is 33.3 Å². The normalized spacial score (nSPS) is 13.8. The summed E-state index contributed by atoms with van der Waals surface area (Å²) in [5.74, 6) is 1.42. The third kappa shape index (κ3) is 2.51. The Kier molecular flexibility index (Phi) is 3.30. The SMILES string of the molecule is Cc1cc(C)nc(N=Nc2c(O)[nH]c3cc4c(cc23)OCCO4)n1. The number of nitrogens with zero attached hydrogens (tertiary/aromatic N) is 4. The molecule has 1 aliphatic heterocycles. The number of ether oxygens (including phenoxy) is 2. The van der Waals surface area contributed by atoms with Gasteiger partial charge in [0.15, 0.2) is 17.2 Å². The van der Waals surface area contributed by atoms with E-state index in [4.69, 9.17) is 9.47 Å². The Morgan fingerprint density at radius 3 is 2.38 bits per heavy atom. The maximum atomic E-state index is 10.1. The molecule has 4 rings (SSSR count). The molecule has 3 aromatic rings. The molecule has 3 heterocycles. The summed E-state index contributed by atoms with van der Waals surface area (Å²) in [6.07, 6.45) is 0. The van der Waals surface area contributed by atoms with Crippen LogP contribution in [0.2, 0.25) is 0 Å². The minimum Gasteiger partial charge on any atom is -0.493 e. The van der Waals surface area contributed by atoms with Crippen LogP contribution < -0.4 is 9.47 Å². The molecule has 0 atom stereocenters. The van der Waals surface area contributed by atoms with Crippen LogP contribution in [0, 0.1) is 13.8 Å². The molecule has 2 aromatic heterocycles. The first-order chi connectivity index (χ1) is 11.6. The number of H-pyrrole nitrogens is 1. The highest BCUT2D eigenvalue weighted by Crippen LogP contribution is 2.42. The fourth-order valence-corrected chi connectivity index (χ4v) is 2.65. The van der Waals surface area contributed by atoms with Gasteiger partial charge in [-0.2, -0.15) is 0 Å². The highest BCUT2D eigenvalue weighted by Gasteiger charge is 2.18. The van der Waals surface area contributed by atoms with Crippen molar-refractivity contribution >= 4 is 22.5 Å². The second-order valence-corrected chi connectivity index (χ2v) is 5.51. The summed E-state index contributed by atoms with van der Waals surface area (Å²) in [5.41, 5.74) is 2.61. The first kappa shape index (κ1) is 14.4. The highest BCUT2D eigenvalue weighted by atomic mass is 16.6. The topological polar surface area (TPSA) is 105 Å². The highest BCUT2D eigenvalue weighted by molar-refractivity contribution is 5.96. The number of aromatic hydroxyl groups is 1. The Bertz CT molecular complexity index is 944. The number of aryl methyl sites for hydroxylation is 2. The van der Waals surface area contributed by atoms with Gasteiger partial charge in [0.25, 0.3) is 5.95 Å². The van der Waals surface area contributed by atoms with Crippen LogP contribution in [0.4, 0.5) is 11.6 Å². The molecule has 8 nitrogen and oxygen atoms in total. The summed E-state index contributed by atoms with van der Waals surface area (Å²) in [4.78, 5) is 11.3. The predicted molar refractivity (Wildman–Crippen MR) is 86.6 cm³/mol. The molecule has 0 spiro atoms. The summed E-state index contributed by atoms with van der Waals surface area (Å²) in [5, 5.41) is 19.0. The van der Waals surface area contributed by atoms with Crippen molar-refractivity contribution < 1.29 is 14.6 Å². The second-order valence-electron chi connectivity index (χ2n) is 5.51. The van der Waals surface area contributed by atoms with Gasteiger partial charge in [0.1, 0.15) is 13.2 Å². The van der Waals surface area contributed by atoms with Crippen molar-refractivity contribution in [1.29, 1.82) is 0 Å². The van der Waals surface area contributed by atoms with Crippen molar-refractivity contribution in [1.82, 2.24) is 15.0 Å². The molecule has 0 saturated carbocycles. The van der Waals surface area contributed by atoms with Crippen molar-refractivity contribution in [3.8, 4) is 17.4 Å². The molecule has 0 aliphatic carbocycles. The summed E-state index contributed by atoms with van der Waals surface area (Å²) in [7, 11) is 0. The van der Waals surface area contributed by atoms with Crippen molar-refractivity contribution in [2.45, 2.75) is 13.8 Å². The molecule has 0 unspecified atom stereocenters. The van der Waals surface area contributed by atoms with E-state index in [-0.39, 0.29) is 11.8 Å². The quantitative estimate of drug-likeness (QED) is 0.702. The standard InChI is InChI=1S/C16H15N5O3/c1-8-5-9(2)18-16(17-8)21-20-14-10-6-12-13(24-4-3-23-12)7-11(10)19-15(14)22/h5-7,19,22H,3-4H2,1-2H3. The molecule has 2 N–H and O–H groups in total. The molecule has 0 bridgehead atoms. The van der Waals surface area contributed by atoms with Crippen molar-refractivity contribution in [3.63, 3.8) is 0 Å². The molecular formula is C16H15N5O3. The number of hydrogen-bond acceptors (Lipinski definition) is 7. The molecule has 8 heteroatoms. The van der Waals surface area contributed by atoms with Crippen LogP contribution in [0.25, 0.3) is 10.9 Å². The van der Waals surface area contributed by atoms with E-state index in [1.54, 1.807) is 12.1 Å². The smallest absolute Gasteiger partial charge is 0.269 e. The predicted octanol–water partition coefficient (Wildman–Crippen LogP) is 3.47. The largest absolute Gasteiger partial charge is 0.493 e. The molecule has 0 fully saturated rings. The zero-order valence-corrected chi connectivity index (χ0v) is 13.2. The van der Waals surface area contributed by atoms with Crippen LogP contribution in [0.1, 0.15) is 11.4 Å². The fourth-order valence-electron chi connectivity index (χ4n) is 2.65. The lowest BCUT2D eigenvalue weighted by molar-refractivity contribution is 0.172. The third-order valence-electron chi connectivity index (χ3n) is 3.62. The molecule has 122 valence electrons. The summed E-state index contributed by atoms with van der Waals surface area (Å²) in [6.45, 7) is 4.71. The minimum atomic E-state index is -0.0829. The number of fused-ring (bicyclic) bond motifs is 2. The van der Waals surface area contributed by atoms with E-state index in [9.17, 15) is 5.11 Å². The van der Waals surface area contributed by atoms with Gasteiger partial charge in [-0.15, -0.1) is 10.2 Å². The van der Waals surface area contributed by atoms with Crippen molar-refractivity contribution in [2.75, 3.05) is 13.2 Å². The van der Waals surface area contributed by atoms with Crippen molar-refractivity contribution in [2.24, 2.45) is 10.2 Å². The van der Waals surface area contributed by atoms with Crippen molar-refractivity contribution in [3.05, 3.63) is 29.6 Å². The Morgan fingerprint density at radius 2 is 1.67 bits per heavy atom. The maximum Gasteiger partial charge on any atom is 0.269 e. The molecule has 0 amide bonds. The number of rotatable bonds is 2. The van der Waals surface area contributed by atoms with E-state index < -0.39 is 0 Å². The van der Waals surface area contributed by atoms with Gasteiger partial charge >= 0.3 is 0 Å². The van der Waals surface area contributed by atoms with Crippen LogP contribution in [0.15, 0.2) is 28.4 Å². The Balaban J connectivity index is 1.78. The number of nitrogens with one attached hydrogen (secondary N) is 1. The van der Waals surface area contributed by atoms with Gasteiger partial charge in [0, 0.05) is 22.8 Å². The summed E-state index contributed by atoms with van der Waals surface area (Å²) < 4.78 is 11.1. The van der Waals surface area contributed by atoms with Gasteiger partial charge < -0.3 is 19.6 Å². The van der Waals surface area contributed by atoms with E-state index in [0.29, 0.717) is 41.3 Å². The van der Waals surface area contributed by atoms with Gasteiger partial charge in [0.2, 0.25) is 5.88 Å². The Labute approximate surface area is 137 Å². The monoisotopic (exact) mass is 325 g/mol. The molecular weight excluding hydrogens is 310 g/mol. The first-order valence-corrected chi connectivity index (χ1v) is 7.48. The van der Waals surface area contributed by atoms with Crippen LogP contribution >= 0.6 is 0 Å². The van der Waals surface area contributed by atoms with Gasteiger partial charge in [0.05, 0.1) is 5.52 Å². The first-order valence-electron chi connectivity index (χ1n) is 7.48. The van der Waals surface area contributed by atoms with E-state index in [1.807, 2.05) is 19.9 Å². The summed E-state index contributed by atoms with van der Waals surface area (Å²) in [6, 6.07) is 5.40. The molecule has 24 heavy (non-hydrogen) atoms. The Morgan fingerprint density at radius 1 is 1.00 bits per heavy atom. The lowest BCUT2D eigenvalue weighted by Gasteiger charge is -2.17. The number of aromatic nitrogens is 3. The molecule has 0 radical (unpaired) electrons. The van der Waals surface area contributed by atoms with E-state index in [0.717, 1.165) is 11.4 Å². The molecule has 0 saturated heterocycles. The minimum absolute atomic E-state index is 0.0829. The molecule has 1 aliphatic rings. The number of benzene rings is 1. The van der Waals surface area contributed by atoms with Gasteiger partial charge in [-0.05, 0) is 26.0 Å². The number of azo groups is 1. The lowest BCUT2D eigenvalue weighted by Crippen LogP contribution is -2.15. The van der Waals surface area contributed by atoms with Crippen LogP contribution in [-0.2, 0) is 0 Å². The number of aromatic amines is 1. The van der Waals surface area contributed by atoms with E-state index in [2.05, 4.69) is 25.2 Å². The molecule has 1 aromatic carbocycles. The zero-order chi connectivity index (χ0) is 16.7.